The largest absolute Gasteiger partial charge is 0.432 e. The number of aromatic nitrogens is 1. The fourth-order valence-corrected chi connectivity index (χ4v) is 7.35. The van der Waals surface area contributed by atoms with E-state index in [9.17, 15) is 18.0 Å². The number of nitrogens with zero attached hydrogens (tertiary/aromatic N) is 1. The molecule has 1 aromatic heterocycles. The molecule has 1 amide bonds. The van der Waals surface area contributed by atoms with Gasteiger partial charge in [0.25, 0.3) is 5.68 Å². The van der Waals surface area contributed by atoms with Crippen molar-refractivity contribution in [2.75, 3.05) is 13.1 Å². The standard InChI is InChI=1S/C27H42F3N5O2/c1-16-6-8-32-22(11-16)24(18-4-5-18)34-25(36)20-13-17(15-35-9-10-37-26(35)31)12-19(14-20)23-21(27(28,29)30)3-2-7-33-23/h9-10,16-24,31-33H,2-8,11-15H2,1H3,(H,34,36). The maximum absolute atomic E-state index is 14.0. The van der Waals surface area contributed by atoms with Gasteiger partial charge in [0.05, 0.1) is 5.92 Å². The predicted octanol–water partition coefficient (Wildman–Crippen LogP) is 3.81. The van der Waals surface area contributed by atoms with Crippen LogP contribution < -0.4 is 21.6 Å². The van der Waals surface area contributed by atoms with Crippen LogP contribution in [-0.2, 0) is 11.3 Å². The SMILES string of the molecule is CC1CCNC(C(NC(=O)C2CC(Cn3ccoc3=N)CC(C3NCCCC3C(F)(F)F)C2)C2CC2)C1. The van der Waals surface area contributed by atoms with Crippen LogP contribution in [0.25, 0.3) is 0 Å². The van der Waals surface area contributed by atoms with Gasteiger partial charge in [-0.2, -0.15) is 13.2 Å². The summed E-state index contributed by atoms with van der Waals surface area (Å²) in [5.74, 6) is -0.838. The summed E-state index contributed by atoms with van der Waals surface area (Å²) in [6.07, 6.45) is 5.68. The average molecular weight is 526 g/mol. The number of halogens is 3. The Morgan fingerprint density at radius 1 is 1.16 bits per heavy atom. The third-order valence-electron chi connectivity index (χ3n) is 9.35. The molecule has 2 saturated heterocycles. The van der Waals surface area contributed by atoms with Gasteiger partial charge in [0.2, 0.25) is 5.91 Å². The molecule has 2 saturated carbocycles. The molecule has 8 unspecified atom stereocenters. The second kappa shape index (κ2) is 11.1. The van der Waals surface area contributed by atoms with E-state index < -0.39 is 18.1 Å². The highest BCUT2D eigenvalue weighted by Crippen LogP contribution is 2.44. The van der Waals surface area contributed by atoms with Gasteiger partial charge in [-0.3, -0.25) is 14.8 Å². The summed E-state index contributed by atoms with van der Waals surface area (Å²) in [4.78, 5) is 13.7. The Morgan fingerprint density at radius 2 is 1.97 bits per heavy atom. The van der Waals surface area contributed by atoms with Crippen LogP contribution in [0.4, 0.5) is 13.2 Å². The number of amides is 1. The molecule has 4 aliphatic rings. The summed E-state index contributed by atoms with van der Waals surface area (Å²) in [5, 5.41) is 18.2. The molecule has 7 nitrogen and oxygen atoms in total. The molecule has 0 spiro atoms. The van der Waals surface area contributed by atoms with E-state index in [1.54, 1.807) is 10.8 Å². The van der Waals surface area contributed by atoms with Gasteiger partial charge in [-0.25, -0.2) is 0 Å². The predicted molar refractivity (Wildman–Crippen MR) is 132 cm³/mol. The first-order chi connectivity index (χ1) is 17.7. The van der Waals surface area contributed by atoms with Crippen molar-refractivity contribution in [2.24, 2.45) is 35.5 Å². The minimum absolute atomic E-state index is 0.00529. The second-order valence-electron chi connectivity index (χ2n) is 12.2. The van der Waals surface area contributed by atoms with Gasteiger partial charge in [-0.1, -0.05) is 6.92 Å². The number of carbonyl (C=O) groups excluding carboxylic acids is 1. The first kappa shape index (κ1) is 26.8. The van der Waals surface area contributed by atoms with E-state index in [2.05, 4.69) is 22.9 Å². The van der Waals surface area contributed by atoms with Gasteiger partial charge >= 0.3 is 6.18 Å². The molecule has 5 rings (SSSR count). The first-order valence-corrected chi connectivity index (χ1v) is 14.2. The molecule has 2 aliphatic heterocycles. The number of nitrogens with one attached hydrogen (secondary N) is 4. The highest BCUT2D eigenvalue weighted by atomic mass is 19.4. The van der Waals surface area contributed by atoms with Crippen molar-refractivity contribution in [3.8, 4) is 0 Å². The normalized spacial score (nSPS) is 36.2. The van der Waals surface area contributed by atoms with E-state index in [-0.39, 0.29) is 47.8 Å². The van der Waals surface area contributed by atoms with Crippen molar-refractivity contribution in [1.29, 1.82) is 5.41 Å². The average Bonchev–Trinajstić information content (AvgIpc) is 3.63. The summed E-state index contributed by atoms with van der Waals surface area (Å²) >= 11 is 0. The quantitative estimate of drug-likeness (QED) is 0.436. The van der Waals surface area contributed by atoms with Crippen LogP contribution in [0.15, 0.2) is 16.9 Å². The fraction of sp³-hybridized carbons (Fsp3) is 0.852. The molecular formula is C27H42F3N5O2. The molecular weight excluding hydrogens is 483 g/mol. The second-order valence-corrected chi connectivity index (χ2v) is 12.2. The number of hydrogen-bond acceptors (Lipinski definition) is 5. The van der Waals surface area contributed by atoms with Crippen molar-refractivity contribution < 1.29 is 22.4 Å². The van der Waals surface area contributed by atoms with Gasteiger partial charge in [0, 0.05) is 36.8 Å². The molecule has 0 bridgehead atoms. The van der Waals surface area contributed by atoms with Gasteiger partial charge in [0.1, 0.15) is 6.26 Å². The van der Waals surface area contributed by atoms with E-state index in [4.69, 9.17) is 9.83 Å². The monoisotopic (exact) mass is 525 g/mol. The van der Waals surface area contributed by atoms with Gasteiger partial charge in [-0.15, -0.1) is 0 Å². The lowest BCUT2D eigenvalue weighted by Crippen LogP contribution is -2.56. The van der Waals surface area contributed by atoms with Crippen LogP contribution in [0.5, 0.6) is 0 Å². The zero-order valence-electron chi connectivity index (χ0n) is 21.7. The third kappa shape index (κ3) is 6.44. The smallest absolute Gasteiger partial charge is 0.393 e. The molecule has 2 aliphatic carbocycles. The minimum Gasteiger partial charge on any atom is -0.432 e. The molecule has 8 atom stereocenters. The van der Waals surface area contributed by atoms with Gasteiger partial charge < -0.3 is 20.4 Å². The molecule has 0 radical (unpaired) electrons. The lowest BCUT2D eigenvalue weighted by atomic mass is 9.68. The summed E-state index contributed by atoms with van der Waals surface area (Å²) < 4.78 is 48.8. The van der Waals surface area contributed by atoms with Crippen LogP contribution >= 0.6 is 0 Å². The van der Waals surface area contributed by atoms with E-state index in [1.807, 2.05) is 0 Å². The molecule has 208 valence electrons. The van der Waals surface area contributed by atoms with Gasteiger partial charge in [0.15, 0.2) is 0 Å². The molecule has 3 heterocycles. The minimum atomic E-state index is -4.25. The zero-order chi connectivity index (χ0) is 26.2. The maximum Gasteiger partial charge on any atom is 0.393 e. The van der Waals surface area contributed by atoms with E-state index >= 15 is 0 Å². The Morgan fingerprint density at radius 3 is 2.65 bits per heavy atom. The Hall–Kier alpha value is -1.81. The highest BCUT2D eigenvalue weighted by Gasteiger charge is 2.50. The van der Waals surface area contributed by atoms with Crippen molar-refractivity contribution in [2.45, 2.75) is 95.6 Å². The van der Waals surface area contributed by atoms with Crippen LogP contribution in [0.1, 0.15) is 64.7 Å². The van der Waals surface area contributed by atoms with E-state index in [0.717, 1.165) is 32.2 Å². The lowest BCUT2D eigenvalue weighted by molar-refractivity contribution is -0.194. The Kier molecular flexibility index (Phi) is 8.05. The number of carbonyl (C=O) groups is 1. The Labute approximate surface area is 216 Å². The summed E-state index contributed by atoms with van der Waals surface area (Å²) in [6.45, 7) is 4.28. The van der Waals surface area contributed by atoms with E-state index in [1.165, 1.54) is 6.26 Å². The molecule has 37 heavy (non-hydrogen) atoms. The number of hydrogen-bond donors (Lipinski definition) is 4. The van der Waals surface area contributed by atoms with Crippen LogP contribution in [0.3, 0.4) is 0 Å². The van der Waals surface area contributed by atoms with Crippen LogP contribution in [-0.4, -0.2) is 47.9 Å². The first-order valence-electron chi connectivity index (χ1n) is 14.2. The van der Waals surface area contributed by atoms with Crippen molar-refractivity contribution in [3.05, 3.63) is 18.1 Å². The van der Waals surface area contributed by atoms with Crippen LogP contribution in [0, 0.1) is 40.9 Å². The van der Waals surface area contributed by atoms with Crippen molar-refractivity contribution in [3.63, 3.8) is 0 Å². The topological polar surface area (TPSA) is 95.1 Å². The number of alkyl halides is 3. The zero-order valence-corrected chi connectivity index (χ0v) is 21.7. The third-order valence-corrected chi connectivity index (χ3v) is 9.35. The maximum atomic E-state index is 14.0. The summed E-state index contributed by atoms with van der Waals surface area (Å²) in [7, 11) is 0. The summed E-state index contributed by atoms with van der Waals surface area (Å²) in [5.41, 5.74) is 0.0263. The van der Waals surface area contributed by atoms with Crippen molar-refractivity contribution >= 4 is 5.91 Å². The molecule has 1 aromatic rings. The van der Waals surface area contributed by atoms with Crippen LogP contribution in [0.2, 0.25) is 0 Å². The summed E-state index contributed by atoms with van der Waals surface area (Å²) in [6, 6.07) is -0.318. The number of piperidine rings is 2. The van der Waals surface area contributed by atoms with Crippen molar-refractivity contribution in [1.82, 2.24) is 20.5 Å². The lowest BCUT2D eigenvalue weighted by Gasteiger charge is -2.44. The Bertz CT molecular complexity index is 974. The molecule has 10 heteroatoms. The highest BCUT2D eigenvalue weighted by molar-refractivity contribution is 5.79. The van der Waals surface area contributed by atoms with E-state index in [0.29, 0.717) is 50.6 Å². The fourth-order valence-electron chi connectivity index (χ4n) is 7.35. The molecule has 4 N–H and O–H groups in total. The van der Waals surface area contributed by atoms with Gasteiger partial charge in [-0.05, 0) is 94.5 Å². The number of oxazole rings is 1. The number of rotatable bonds is 7. The molecule has 4 fully saturated rings. The molecule has 0 aromatic carbocycles. The Balaban J connectivity index is 1.34.